The SMILES string of the molecule is CCN(CCOC)S(=O)(=O)c1ccc(Br)c(C)c1. The van der Waals surface area contributed by atoms with Crippen molar-refractivity contribution in [3.8, 4) is 0 Å². The molecule has 0 saturated carbocycles. The summed E-state index contributed by atoms with van der Waals surface area (Å²) < 4.78 is 32.0. The van der Waals surface area contributed by atoms with Crippen molar-refractivity contribution >= 4 is 26.0 Å². The standard InChI is InChI=1S/C12H18BrNO3S/c1-4-14(7-8-17-3)18(15,16)11-5-6-12(13)10(2)9-11/h5-6,9H,4,7-8H2,1-3H3. The average molecular weight is 336 g/mol. The molecule has 0 spiro atoms. The fraction of sp³-hybridized carbons (Fsp3) is 0.500. The average Bonchev–Trinajstić information content (AvgIpc) is 2.33. The lowest BCUT2D eigenvalue weighted by Crippen LogP contribution is -2.33. The van der Waals surface area contributed by atoms with Gasteiger partial charge in [-0.3, -0.25) is 0 Å². The Balaban J connectivity index is 3.06. The molecule has 0 N–H and O–H groups in total. The molecule has 18 heavy (non-hydrogen) atoms. The zero-order chi connectivity index (χ0) is 13.8. The number of aryl methyl sites for hydroxylation is 1. The van der Waals surface area contributed by atoms with Gasteiger partial charge >= 0.3 is 0 Å². The van der Waals surface area contributed by atoms with Crippen LogP contribution in [0.15, 0.2) is 27.6 Å². The molecular weight excluding hydrogens is 318 g/mol. The highest BCUT2D eigenvalue weighted by molar-refractivity contribution is 9.10. The minimum Gasteiger partial charge on any atom is -0.383 e. The number of hydrogen-bond donors (Lipinski definition) is 0. The Bertz CT molecular complexity index is 502. The fourth-order valence-corrected chi connectivity index (χ4v) is 3.33. The van der Waals surface area contributed by atoms with Gasteiger partial charge < -0.3 is 4.74 Å². The van der Waals surface area contributed by atoms with E-state index in [4.69, 9.17) is 4.74 Å². The van der Waals surface area contributed by atoms with E-state index < -0.39 is 10.0 Å². The van der Waals surface area contributed by atoms with Crippen LogP contribution < -0.4 is 0 Å². The van der Waals surface area contributed by atoms with Gasteiger partial charge in [-0.2, -0.15) is 4.31 Å². The summed E-state index contributed by atoms with van der Waals surface area (Å²) in [4.78, 5) is 0.321. The van der Waals surface area contributed by atoms with Crippen LogP contribution >= 0.6 is 15.9 Å². The third-order valence-corrected chi connectivity index (χ3v) is 5.52. The van der Waals surface area contributed by atoms with Gasteiger partial charge in [0.25, 0.3) is 0 Å². The van der Waals surface area contributed by atoms with E-state index in [1.165, 1.54) is 4.31 Å². The summed E-state index contributed by atoms with van der Waals surface area (Å²) in [5.74, 6) is 0. The summed E-state index contributed by atoms with van der Waals surface area (Å²) >= 11 is 3.36. The van der Waals surface area contributed by atoms with Gasteiger partial charge in [0.2, 0.25) is 10.0 Å². The van der Waals surface area contributed by atoms with E-state index in [0.29, 0.717) is 24.6 Å². The summed E-state index contributed by atoms with van der Waals surface area (Å²) in [5, 5.41) is 0. The molecule has 0 aliphatic heterocycles. The highest BCUT2D eigenvalue weighted by atomic mass is 79.9. The Labute approximate surface area is 117 Å². The molecule has 0 radical (unpaired) electrons. The molecule has 0 aliphatic rings. The van der Waals surface area contributed by atoms with Gasteiger partial charge in [-0.15, -0.1) is 0 Å². The molecular formula is C12H18BrNO3S. The van der Waals surface area contributed by atoms with Crippen LogP contribution in [0.25, 0.3) is 0 Å². The van der Waals surface area contributed by atoms with Crippen molar-refractivity contribution in [2.24, 2.45) is 0 Å². The maximum atomic E-state index is 12.4. The first-order valence-corrected chi connectivity index (χ1v) is 7.92. The number of benzene rings is 1. The van der Waals surface area contributed by atoms with Gasteiger partial charge in [-0.25, -0.2) is 8.42 Å². The summed E-state index contributed by atoms with van der Waals surface area (Å²) in [7, 11) is -1.87. The Morgan fingerprint density at radius 3 is 2.56 bits per heavy atom. The van der Waals surface area contributed by atoms with Crippen LogP contribution in [0.3, 0.4) is 0 Å². The first-order valence-electron chi connectivity index (χ1n) is 5.68. The predicted octanol–water partition coefficient (Wildman–Crippen LogP) is 2.41. The number of halogens is 1. The topological polar surface area (TPSA) is 46.6 Å². The van der Waals surface area contributed by atoms with Gasteiger partial charge in [0, 0.05) is 24.7 Å². The maximum absolute atomic E-state index is 12.4. The van der Waals surface area contributed by atoms with Crippen LogP contribution in [-0.2, 0) is 14.8 Å². The number of hydrogen-bond acceptors (Lipinski definition) is 3. The molecule has 0 saturated heterocycles. The van der Waals surface area contributed by atoms with E-state index in [9.17, 15) is 8.42 Å². The van der Waals surface area contributed by atoms with Gasteiger partial charge in [0.1, 0.15) is 0 Å². The molecule has 0 bridgehead atoms. The van der Waals surface area contributed by atoms with Gasteiger partial charge in [0.15, 0.2) is 0 Å². The van der Waals surface area contributed by atoms with Crippen LogP contribution in [0.4, 0.5) is 0 Å². The van der Waals surface area contributed by atoms with Gasteiger partial charge in [-0.05, 0) is 30.7 Å². The lowest BCUT2D eigenvalue weighted by atomic mass is 10.2. The second-order valence-corrected chi connectivity index (χ2v) is 6.69. The smallest absolute Gasteiger partial charge is 0.243 e. The van der Waals surface area contributed by atoms with E-state index >= 15 is 0 Å². The number of sulfonamides is 1. The van der Waals surface area contributed by atoms with Crippen LogP contribution in [0.2, 0.25) is 0 Å². The Kier molecular flexibility index (Phi) is 5.78. The molecule has 6 heteroatoms. The zero-order valence-corrected chi connectivity index (χ0v) is 13.2. The van der Waals surface area contributed by atoms with Gasteiger partial charge in [-0.1, -0.05) is 22.9 Å². The van der Waals surface area contributed by atoms with Crippen LogP contribution in [0.5, 0.6) is 0 Å². The van der Waals surface area contributed by atoms with Crippen molar-refractivity contribution in [1.82, 2.24) is 4.31 Å². The normalized spacial score (nSPS) is 12.1. The summed E-state index contributed by atoms with van der Waals surface area (Å²) in [6.45, 7) is 4.88. The van der Waals surface area contributed by atoms with E-state index in [0.717, 1.165) is 10.0 Å². The van der Waals surface area contributed by atoms with Crippen molar-refractivity contribution in [3.63, 3.8) is 0 Å². The molecule has 0 fully saturated rings. The molecule has 0 aliphatic carbocycles. The number of methoxy groups -OCH3 is 1. The van der Waals surface area contributed by atoms with Gasteiger partial charge in [0.05, 0.1) is 11.5 Å². The first-order chi connectivity index (χ1) is 8.43. The minimum absolute atomic E-state index is 0.321. The number of ether oxygens (including phenoxy) is 1. The van der Waals surface area contributed by atoms with Crippen LogP contribution in [-0.4, -0.2) is 39.5 Å². The molecule has 1 aromatic rings. The third kappa shape index (κ3) is 3.54. The van der Waals surface area contributed by atoms with Crippen molar-refractivity contribution in [3.05, 3.63) is 28.2 Å². The van der Waals surface area contributed by atoms with E-state index in [2.05, 4.69) is 15.9 Å². The molecule has 0 unspecified atom stereocenters. The predicted molar refractivity (Wildman–Crippen MR) is 75.2 cm³/mol. The summed E-state index contributed by atoms with van der Waals surface area (Å²) in [6.07, 6.45) is 0. The van der Waals surface area contributed by atoms with Crippen molar-refractivity contribution in [2.45, 2.75) is 18.7 Å². The Morgan fingerprint density at radius 2 is 2.06 bits per heavy atom. The molecule has 1 rings (SSSR count). The quantitative estimate of drug-likeness (QED) is 0.802. The van der Waals surface area contributed by atoms with Crippen molar-refractivity contribution in [2.75, 3.05) is 26.8 Å². The molecule has 1 aromatic carbocycles. The molecule has 0 heterocycles. The second kappa shape index (κ2) is 6.65. The van der Waals surface area contributed by atoms with E-state index in [1.54, 1.807) is 25.3 Å². The third-order valence-electron chi connectivity index (χ3n) is 2.66. The molecule has 0 amide bonds. The number of nitrogens with zero attached hydrogens (tertiary/aromatic N) is 1. The maximum Gasteiger partial charge on any atom is 0.243 e. The first kappa shape index (κ1) is 15.6. The minimum atomic E-state index is -3.43. The monoisotopic (exact) mass is 335 g/mol. The van der Waals surface area contributed by atoms with Crippen LogP contribution in [0, 0.1) is 6.92 Å². The lowest BCUT2D eigenvalue weighted by molar-refractivity contribution is 0.180. The fourth-order valence-electron chi connectivity index (χ4n) is 1.57. The molecule has 0 atom stereocenters. The Hall–Kier alpha value is -0.430. The molecule has 4 nitrogen and oxygen atoms in total. The molecule has 0 aromatic heterocycles. The van der Waals surface area contributed by atoms with Crippen molar-refractivity contribution < 1.29 is 13.2 Å². The zero-order valence-electron chi connectivity index (χ0n) is 10.8. The van der Waals surface area contributed by atoms with E-state index in [1.807, 2.05) is 13.8 Å². The molecule has 102 valence electrons. The van der Waals surface area contributed by atoms with E-state index in [-0.39, 0.29) is 0 Å². The van der Waals surface area contributed by atoms with Crippen LogP contribution in [0.1, 0.15) is 12.5 Å². The lowest BCUT2D eigenvalue weighted by Gasteiger charge is -2.20. The summed E-state index contributed by atoms with van der Waals surface area (Å²) in [6, 6.07) is 5.04. The highest BCUT2D eigenvalue weighted by Gasteiger charge is 2.22. The largest absolute Gasteiger partial charge is 0.383 e. The highest BCUT2D eigenvalue weighted by Crippen LogP contribution is 2.22. The summed E-state index contributed by atoms with van der Waals surface area (Å²) in [5.41, 5.74) is 0.902. The number of rotatable bonds is 6. The Morgan fingerprint density at radius 1 is 1.39 bits per heavy atom. The van der Waals surface area contributed by atoms with Crippen molar-refractivity contribution in [1.29, 1.82) is 0 Å². The second-order valence-electron chi connectivity index (χ2n) is 3.90. The number of likely N-dealkylation sites (N-methyl/N-ethyl adjacent to an activating group) is 1.